The minimum Gasteiger partial charge on any atom is -0.393 e. The number of hydrogen-bond acceptors (Lipinski definition) is 5. The first-order valence-electron chi connectivity index (χ1n) is 15.2. The van der Waals surface area contributed by atoms with Crippen molar-refractivity contribution in [3.63, 3.8) is 0 Å². The van der Waals surface area contributed by atoms with Crippen LogP contribution in [0.25, 0.3) is 0 Å². The molecule has 10 atom stereocenters. The largest absolute Gasteiger partial charge is 0.393 e. The summed E-state index contributed by atoms with van der Waals surface area (Å²) in [7, 11) is 0. The third-order valence-electron chi connectivity index (χ3n) is 13.1. The maximum Gasteiger partial charge on any atom is 0.245 e. The molecule has 4 heterocycles. The summed E-state index contributed by atoms with van der Waals surface area (Å²) in [6.45, 7) is 12.0. The Morgan fingerprint density at radius 2 is 1.77 bits per heavy atom. The van der Waals surface area contributed by atoms with E-state index in [2.05, 4.69) is 54.8 Å². The highest BCUT2D eigenvalue weighted by Crippen LogP contribution is 2.73. The van der Waals surface area contributed by atoms with Gasteiger partial charge in [0.2, 0.25) is 5.91 Å². The van der Waals surface area contributed by atoms with Crippen molar-refractivity contribution in [2.24, 2.45) is 34.0 Å². The normalized spacial score (nSPS) is 51.0. The van der Waals surface area contributed by atoms with Gasteiger partial charge in [-0.25, -0.2) is 0 Å². The van der Waals surface area contributed by atoms with Crippen LogP contribution < -0.4 is 4.90 Å². The fourth-order valence-corrected chi connectivity index (χ4v) is 11.8. The van der Waals surface area contributed by atoms with Gasteiger partial charge in [-0.2, -0.15) is 0 Å². The van der Waals surface area contributed by atoms with E-state index >= 15 is 0 Å². The number of rotatable bonds is 0. The van der Waals surface area contributed by atoms with Crippen molar-refractivity contribution in [3.8, 4) is 0 Å². The lowest BCUT2D eigenvalue weighted by Crippen LogP contribution is -2.65. The molecule has 1 N–H and O–H groups in total. The average Bonchev–Trinajstić information content (AvgIpc) is 3.59. The summed E-state index contributed by atoms with van der Waals surface area (Å²) in [5.41, 5.74) is 0.274. The van der Waals surface area contributed by atoms with E-state index < -0.39 is 17.1 Å². The predicted molar refractivity (Wildman–Crippen MR) is 148 cm³/mol. The second kappa shape index (κ2) is 7.24. The molecule has 1 spiro atoms. The van der Waals surface area contributed by atoms with E-state index in [1.165, 1.54) is 0 Å². The van der Waals surface area contributed by atoms with Gasteiger partial charge in [0.05, 0.1) is 23.4 Å². The summed E-state index contributed by atoms with van der Waals surface area (Å²) in [6, 6.07) is 8.40. The summed E-state index contributed by atoms with van der Waals surface area (Å²) >= 11 is 0. The van der Waals surface area contributed by atoms with Crippen LogP contribution in [0.3, 0.4) is 0 Å². The number of aliphatic hydroxyl groups is 1. The molecule has 0 aromatic heterocycles. The van der Waals surface area contributed by atoms with Crippen LogP contribution in [0.2, 0.25) is 0 Å². The van der Waals surface area contributed by atoms with Gasteiger partial charge in [0.25, 0.3) is 0 Å². The lowest BCUT2D eigenvalue weighted by molar-refractivity contribution is -0.217. The molecule has 0 radical (unpaired) electrons. The molecule has 0 bridgehead atoms. The number of ketones is 1. The molecule has 39 heavy (non-hydrogen) atoms. The van der Waals surface area contributed by atoms with Gasteiger partial charge < -0.3 is 9.84 Å². The van der Waals surface area contributed by atoms with Crippen molar-refractivity contribution >= 4 is 17.4 Å². The highest BCUT2D eigenvalue weighted by molar-refractivity contribution is 6.03. The Kier molecular flexibility index (Phi) is 4.59. The van der Waals surface area contributed by atoms with E-state index in [-0.39, 0.29) is 52.2 Å². The van der Waals surface area contributed by atoms with Gasteiger partial charge in [-0.15, -0.1) is 0 Å². The first kappa shape index (κ1) is 24.8. The molecule has 208 valence electrons. The number of hydrogen-bond donors (Lipinski definition) is 1. The van der Waals surface area contributed by atoms with Crippen molar-refractivity contribution in [3.05, 3.63) is 42.0 Å². The van der Waals surface area contributed by atoms with E-state index in [1.54, 1.807) is 6.08 Å². The molecular formula is C33H42N2O4. The zero-order valence-electron chi connectivity index (χ0n) is 23.9. The number of carbonyl (C=O) groups is 2. The van der Waals surface area contributed by atoms with Crippen LogP contribution in [-0.2, 0) is 19.9 Å². The van der Waals surface area contributed by atoms with E-state index in [9.17, 15) is 14.7 Å². The van der Waals surface area contributed by atoms with Crippen LogP contribution in [-0.4, -0.2) is 52.2 Å². The second-order valence-electron chi connectivity index (χ2n) is 15.2. The average molecular weight is 531 g/mol. The molecular weight excluding hydrogens is 488 g/mol. The lowest BCUT2D eigenvalue weighted by Gasteiger charge is -2.66. The minimum absolute atomic E-state index is 0.0362. The number of aliphatic hydroxyl groups excluding tert-OH is 1. The number of allylic oxidation sites excluding steroid dienone is 2. The topological polar surface area (TPSA) is 70.1 Å². The standard InChI is InChI=1S/C33H42N2O4/c1-29(2)25(37)13-14-30(3)23-12-15-32(5)24(31(23,4)17-22(36)26(29)30)18-33(39-32)19-9-6-7-10-20(19)35-27(38)21-11-8-16-34(21)28(33)35/h6-7,9-10,13-14,21-24,26,28,36H,8,11-12,15-18H2,1-5H3. The Morgan fingerprint density at radius 1 is 1.00 bits per heavy atom. The number of amides is 1. The summed E-state index contributed by atoms with van der Waals surface area (Å²) in [5, 5.41) is 11.9. The van der Waals surface area contributed by atoms with Gasteiger partial charge >= 0.3 is 0 Å². The Hall–Kier alpha value is -2.02. The first-order chi connectivity index (χ1) is 18.4. The number of anilines is 1. The molecule has 3 aliphatic carbocycles. The molecule has 4 aliphatic heterocycles. The van der Waals surface area contributed by atoms with Crippen LogP contribution in [0.5, 0.6) is 0 Å². The van der Waals surface area contributed by atoms with Gasteiger partial charge in [-0.3, -0.25) is 19.4 Å². The highest BCUT2D eigenvalue weighted by atomic mass is 16.5. The SMILES string of the molecule is CC12CCC3C4(C)C=CC(=O)C(C)(C)C4C(O)CC3(C)C1CC1(O2)c2ccccc2N2C(=O)C3CCCN3C21. The monoisotopic (exact) mass is 530 g/mol. The molecule has 10 unspecified atom stereocenters. The summed E-state index contributed by atoms with van der Waals surface area (Å²) in [5.74, 6) is 0.843. The Morgan fingerprint density at radius 3 is 2.56 bits per heavy atom. The zero-order chi connectivity index (χ0) is 27.3. The fraction of sp³-hybridized carbons (Fsp3) is 0.697. The van der Waals surface area contributed by atoms with E-state index in [4.69, 9.17) is 4.74 Å². The highest BCUT2D eigenvalue weighted by Gasteiger charge is 2.75. The first-order valence-corrected chi connectivity index (χ1v) is 15.2. The van der Waals surface area contributed by atoms with Crippen LogP contribution in [0.4, 0.5) is 5.69 Å². The third kappa shape index (κ3) is 2.66. The molecule has 8 rings (SSSR count). The van der Waals surface area contributed by atoms with Gasteiger partial charge in [0, 0.05) is 23.4 Å². The summed E-state index contributed by atoms with van der Waals surface area (Å²) in [4.78, 5) is 31.2. The number of para-hydroxylation sites is 1. The molecule has 6 heteroatoms. The molecule has 1 aromatic carbocycles. The van der Waals surface area contributed by atoms with Crippen LogP contribution in [0.15, 0.2) is 36.4 Å². The van der Waals surface area contributed by atoms with Crippen LogP contribution in [0.1, 0.15) is 78.7 Å². The number of nitrogens with zero attached hydrogens (tertiary/aromatic N) is 2. The molecule has 7 aliphatic rings. The number of ether oxygens (including phenoxy) is 1. The van der Waals surface area contributed by atoms with Gasteiger partial charge in [0.1, 0.15) is 11.8 Å². The van der Waals surface area contributed by atoms with Crippen LogP contribution in [0, 0.1) is 34.0 Å². The number of fused-ring (bicyclic) bond motifs is 12. The lowest BCUT2D eigenvalue weighted by atomic mass is 9.38. The predicted octanol–water partition coefficient (Wildman–Crippen LogP) is 4.80. The van der Waals surface area contributed by atoms with E-state index in [1.807, 2.05) is 19.9 Å². The minimum atomic E-state index is -0.585. The molecule has 6 nitrogen and oxygen atoms in total. The van der Waals surface area contributed by atoms with Crippen molar-refractivity contribution in [2.45, 2.75) is 103 Å². The quantitative estimate of drug-likeness (QED) is 0.522. The van der Waals surface area contributed by atoms with Crippen molar-refractivity contribution in [1.29, 1.82) is 0 Å². The molecule has 5 fully saturated rings. The Labute approximate surface area is 231 Å². The Bertz CT molecular complexity index is 1340. The fourth-order valence-electron chi connectivity index (χ4n) is 11.8. The van der Waals surface area contributed by atoms with Crippen molar-refractivity contribution in [2.75, 3.05) is 11.4 Å². The zero-order valence-corrected chi connectivity index (χ0v) is 23.9. The molecule has 1 amide bonds. The molecule has 1 aromatic rings. The van der Waals surface area contributed by atoms with Gasteiger partial charge in [-0.05, 0) is 80.3 Å². The smallest absolute Gasteiger partial charge is 0.245 e. The number of benzene rings is 1. The number of carbonyl (C=O) groups excluding carboxylic acids is 2. The van der Waals surface area contributed by atoms with Crippen molar-refractivity contribution < 1.29 is 19.4 Å². The third-order valence-corrected chi connectivity index (χ3v) is 13.1. The van der Waals surface area contributed by atoms with E-state index in [0.29, 0.717) is 12.3 Å². The van der Waals surface area contributed by atoms with Gasteiger partial charge in [-0.1, -0.05) is 52.0 Å². The molecule has 3 saturated heterocycles. The maximum atomic E-state index is 13.7. The summed E-state index contributed by atoms with van der Waals surface area (Å²) in [6.07, 6.45) is 8.79. The van der Waals surface area contributed by atoms with Crippen molar-refractivity contribution in [1.82, 2.24) is 4.90 Å². The van der Waals surface area contributed by atoms with E-state index in [0.717, 1.165) is 49.9 Å². The second-order valence-corrected chi connectivity index (χ2v) is 15.2. The molecule has 2 saturated carbocycles. The van der Waals surface area contributed by atoms with Crippen LogP contribution >= 0.6 is 0 Å². The van der Waals surface area contributed by atoms with Gasteiger partial charge in [0.15, 0.2) is 5.78 Å². The Balaban J connectivity index is 1.26. The summed E-state index contributed by atoms with van der Waals surface area (Å²) < 4.78 is 7.49. The maximum absolute atomic E-state index is 13.7.